The summed E-state index contributed by atoms with van der Waals surface area (Å²) in [6.07, 6.45) is 0. The van der Waals surface area contributed by atoms with Gasteiger partial charge < -0.3 is 0 Å². The zero-order valence-corrected chi connectivity index (χ0v) is 18.8. The third-order valence-corrected chi connectivity index (χ3v) is 7.39. The molecule has 0 saturated heterocycles. The van der Waals surface area contributed by atoms with Crippen molar-refractivity contribution in [3.8, 4) is 11.3 Å². The highest BCUT2D eigenvalue weighted by Gasteiger charge is 2.21. The third kappa shape index (κ3) is 4.76. The van der Waals surface area contributed by atoms with E-state index in [-0.39, 0.29) is 15.6 Å². The Balaban J connectivity index is 1.48. The molecule has 1 amide bonds. The summed E-state index contributed by atoms with van der Waals surface area (Å²) in [6, 6.07) is 17.6. The predicted molar refractivity (Wildman–Crippen MR) is 124 cm³/mol. The van der Waals surface area contributed by atoms with Crippen LogP contribution in [0.1, 0.15) is 10.4 Å². The van der Waals surface area contributed by atoms with E-state index in [1.807, 2.05) is 0 Å². The number of aromatic nitrogens is 1. The molecule has 1 aromatic heterocycles. The normalized spacial score (nSPS) is 11.2. The summed E-state index contributed by atoms with van der Waals surface area (Å²) < 4.78 is 53.4. The van der Waals surface area contributed by atoms with Crippen LogP contribution in [0.2, 0.25) is 0 Å². The van der Waals surface area contributed by atoms with Crippen LogP contribution < -0.4 is 9.62 Å². The minimum atomic E-state index is -3.79. The fraction of sp³-hybridized carbons (Fsp3) is 0.0435. The number of hydrogen-bond acceptors (Lipinski definition) is 5. The van der Waals surface area contributed by atoms with Gasteiger partial charge in [0.2, 0.25) is 0 Å². The molecule has 0 bridgehead atoms. The first-order valence-corrected chi connectivity index (χ1v) is 11.9. The van der Waals surface area contributed by atoms with Gasteiger partial charge >= 0.3 is 0 Å². The number of anilines is 2. The molecule has 1 N–H and O–H groups in total. The number of sulfonamides is 1. The van der Waals surface area contributed by atoms with Crippen LogP contribution in [0.25, 0.3) is 11.3 Å². The molecule has 0 spiro atoms. The molecule has 10 heteroatoms. The van der Waals surface area contributed by atoms with Gasteiger partial charge in [0.15, 0.2) is 16.8 Å². The maximum atomic E-state index is 13.5. The summed E-state index contributed by atoms with van der Waals surface area (Å²) in [6.45, 7) is 0. The Morgan fingerprint density at radius 2 is 1.67 bits per heavy atom. The molecule has 4 aromatic rings. The number of hydrogen-bond donors (Lipinski definition) is 1. The van der Waals surface area contributed by atoms with Crippen molar-refractivity contribution in [1.29, 1.82) is 0 Å². The smallest absolute Gasteiger partial charge is 0.264 e. The van der Waals surface area contributed by atoms with Crippen molar-refractivity contribution in [2.75, 3.05) is 16.7 Å². The van der Waals surface area contributed by atoms with Crippen molar-refractivity contribution in [2.45, 2.75) is 4.90 Å². The lowest BCUT2D eigenvalue weighted by molar-refractivity contribution is 0.102. The molecule has 0 saturated carbocycles. The molecule has 0 unspecified atom stereocenters. The van der Waals surface area contributed by atoms with Crippen LogP contribution in [0.4, 0.5) is 19.6 Å². The lowest BCUT2D eigenvalue weighted by Crippen LogP contribution is -2.26. The van der Waals surface area contributed by atoms with Crippen molar-refractivity contribution in [3.63, 3.8) is 0 Å². The largest absolute Gasteiger partial charge is 0.298 e. The Labute approximate surface area is 193 Å². The number of carbonyl (C=O) groups excluding carboxylic acids is 1. The van der Waals surface area contributed by atoms with E-state index in [4.69, 9.17) is 0 Å². The molecule has 0 aliphatic carbocycles. The van der Waals surface area contributed by atoms with Crippen LogP contribution in [0.5, 0.6) is 0 Å². The highest BCUT2D eigenvalue weighted by molar-refractivity contribution is 7.92. The molecule has 0 radical (unpaired) electrons. The number of rotatable bonds is 6. The molecule has 1 heterocycles. The van der Waals surface area contributed by atoms with Gasteiger partial charge in [-0.1, -0.05) is 18.2 Å². The first kappa shape index (κ1) is 22.6. The summed E-state index contributed by atoms with van der Waals surface area (Å²) in [5, 5.41) is 4.49. The van der Waals surface area contributed by atoms with Crippen LogP contribution >= 0.6 is 11.3 Å². The van der Waals surface area contributed by atoms with Crippen molar-refractivity contribution in [1.82, 2.24) is 4.98 Å². The SMILES string of the molecule is CN(c1ccccc1)S(=O)(=O)c1ccc(C(=O)Nc2nc(-c3ccc(F)c(F)c3)cs2)cc1. The number of halogens is 2. The maximum Gasteiger partial charge on any atom is 0.264 e. The molecular formula is C23H17F2N3O3S2. The summed E-state index contributed by atoms with van der Waals surface area (Å²) in [7, 11) is -2.34. The first-order valence-electron chi connectivity index (χ1n) is 9.62. The highest BCUT2D eigenvalue weighted by atomic mass is 32.2. The number of para-hydroxylation sites is 1. The van der Waals surface area contributed by atoms with E-state index >= 15 is 0 Å². The molecule has 3 aromatic carbocycles. The summed E-state index contributed by atoms with van der Waals surface area (Å²) in [5.41, 5.74) is 1.52. The van der Waals surface area contributed by atoms with Gasteiger partial charge in [0.05, 0.1) is 16.3 Å². The number of benzene rings is 3. The quantitative estimate of drug-likeness (QED) is 0.409. The minimum Gasteiger partial charge on any atom is -0.298 e. The number of carbonyl (C=O) groups is 1. The second-order valence-electron chi connectivity index (χ2n) is 6.95. The van der Waals surface area contributed by atoms with Crippen LogP contribution in [0.3, 0.4) is 0 Å². The number of amides is 1. The van der Waals surface area contributed by atoms with Gasteiger partial charge in [0.1, 0.15) is 0 Å². The number of nitrogens with zero attached hydrogens (tertiary/aromatic N) is 2. The van der Waals surface area contributed by atoms with Gasteiger partial charge in [0, 0.05) is 23.6 Å². The van der Waals surface area contributed by atoms with Gasteiger partial charge in [-0.05, 0) is 54.6 Å². The van der Waals surface area contributed by atoms with E-state index in [0.717, 1.165) is 27.8 Å². The second-order valence-corrected chi connectivity index (χ2v) is 9.78. The predicted octanol–water partition coefficient (Wildman–Crippen LogP) is 5.17. The Hall–Kier alpha value is -3.63. The first-order chi connectivity index (χ1) is 15.8. The highest BCUT2D eigenvalue weighted by Crippen LogP contribution is 2.27. The van der Waals surface area contributed by atoms with Crippen LogP contribution in [-0.4, -0.2) is 26.4 Å². The topological polar surface area (TPSA) is 79.4 Å². The van der Waals surface area contributed by atoms with Crippen molar-refractivity contribution in [3.05, 3.63) is 95.4 Å². The van der Waals surface area contributed by atoms with Gasteiger partial charge in [-0.15, -0.1) is 11.3 Å². The van der Waals surface area contributed by atoms with E-state index in [9.17, 15) is 22.0 Å². The van der Waals surface area contributed by atoms with Crippen LogP contribution in [-0.2, 0) is 10.0 Å². The molecule has 0 aliphatic rings. The van der Waals surface area contributed by atoms with Crippen molar-refractivity contribution >= 4 is 38.1 Å². The zero-order chi connectivity index (χ0) is 23.6. The fourth-order valence-electron chi connectivity index (χ4n) is 3.00. The zero-order valence-electron chi connectivity index (χ0n) is 17.2. The monoisotopic (exact) mass is 485 g/mol. The van der Waals surface area contributed by atoms with Crippen molar-refractivity contribution in [2.24, 2.45) is 0 Å². The van der Waals surface area contributed by atoms with Gasteiger partial charge in [-0.3, -0.25) is 14.4 Å². The lowest BCUT2D eigenvalue weighted by atomic mass is 10.2. The van der Waals surface area contributed by atoms with E-state index in [0.29, 0.717) is 16.9 Å². The Bertz CT molecular complexity index is 1410. The standard InChI is InChI=1S/C23H17F2N3O3S2/c1-28(17-5-3-2-4-6-17)33(30,31)18-10-7-15(8-11-18)22(29)27-23-26-21(14-32-23)16-9-12-19(24)20(25)13-16/h2-14H,1H3,(H,26,27,29). The lowest BCUT2D eigenvalue weighted by Gasteiger charge is -2.19. The average molecular weight is 486 g/mol. The molecule has 168 valence electrons. The van der Waals surface area contributed by atoms with E-state index in [2.05, 4.69) is 10.3 Å². The fourth-order valence-corrected chi connectivity index (χ4v) is 4.91. The van der Waals surface area contributed by atoms with Gasteiger partial charge in [0.25, 0.3) is 15.9 Å². The van der Waals surface area contributed by atoms with E-state index in [1.54, 1.807) is 35.7 Å². The Morgan fingerprint density at radius 3 is 2.33 bits per heavy atom. The number of thiazole rings is 1. The Morgan fingerprint density at radius 1 is 0.970 bits per heavy atom. The summed E-state index contributed by atoms with van der Waals surface area (Å²) in [4.78, 5) is 16.8. The van der Waals surface area contributed by atoms with Gasteiger partial charge in [-0.2, -0.15) is 0 Å². The number of nitrogens with one attached hydrogen (secondary N) is 1. The summed E-state index contributed by atoms with van der Waals surface area (Å²) in [5.74, 6) is -2.43. The third-order valence-electron chi connectivity index (χ3n) is 4.83. The molecule has 0 fully saturated rings. The molecule has 0 aliphatic heterocycles. The molecule has 33 heavy (non-hydrogen) atoms. The molecule has 4 rings (SSSR count). The molecule has 0 atom stereocenters. The second kappa shape index (κ2) is 9.08. The van der Waals surface area contributed by atoms with Crippen LogP contribution in [0, 0.1) is 11.6 Å². The minimum absolute atomic E-state index is 0.0419. The molecule has 6 nitrogen and oxygen atoms in total. The van der Waals surface area contributed by atoms with E-state index < -0.39 is 27.6 Å². The van der Waals surface area contributed by atoms with E-state index in [1.165, 1.54) is 37.4 Å². The van der Waals surface area contributed by atoms with Crippen molar-refractivity contribution < 1.29 is 22.0 Å². The molecular weight excluding hydrogens is 468 g/mol. The summed E-state index contributed by atoms with van der Waals surface area (Å²) >= 11 is 1.12. The maximum absolute atomic E-state index is 13.5. The van der Waals surface area contributed by atoms with Gasteiger partial charge in [-0.25, -0.2) is 22.2 Å². The van der Waals surface area contributed by atoms with Crippen LogP contribution in [0.15, 0.2) is 83.1 Å². The Kier molecular flexibility index (Phi) is 6.21. The average Bonchev–Trinajstić information content (AvgIpc) is 3.29.